The van der Waals surface area contributed by atoms with Crippen LogP contribution in [0.5, 0.6) is 0 Å². The van der Waals surface area contributed by atoms with Crippen LogP contribution >= 0.6 is 0 Å². The quantitative estimate of drug-likeness (QED) is 0.544. The standard InChI is InChI=1S/C23H41N2/c1-6-7-8-22-11-13-23(14-12-22)24-15-17-25(5,18-16-24)19-21(4)10-9-20(2)3/h11-14,20-21H,6-10,15-19H2,1-5H3/q+1. The molecule has 0 aromatic heterocycles. The second kappa shape index (κ2) is 9.62. The summed E-state index contributed by atoms with van der Waals surface area (Å²) in [4.78, 5) is 2.59. The summed E-state index contributed by atoms with van der Waals surface area (Å²) < 4.78 is 1.25. The summed E-state index contributed by atoms with van der Waals surface area (Å²) >= 11 is 0. The molecule has 1 fully saturated rings. The summed E-state index contributed by atoms with van der Waals surface area (Å²) in [6.45, 7) is 15.7. The van der Waals surface area contributed by atoms with Gasteiger partial charge >= 0.3 is 0 Å². The second-order valence-corrected chi connectivity index (χ2v) is 9.08. The molecule has 142 valence electrons. The van der Waals surface area contributed by atoms with Crippen molar-refractivity contribution in [2.24, 2.45) is 11.8 Å². The van der Waals surface area contributed by atoms with Crippen LogP contribution in [0.4, 0.5) is 5.69 Å². The number of unbranched alkanes of at least 4 members (excludes halogenated alkanes) is 1. The fourth-order valence-electron chi connectivity index (χ4n) is 4.10. The van der Waals surface area contributed by atoms with Gasteiger partial charge in [-0.05, 0) is 42.9 Å². The highest BCUT2D eigenvalue weighted by atomic mass is 15.4. The number of hydrogen-bond acceptors (Lipinski definition) is 1. The molecule has 0 saturated carbocycles. The Morgan fingerprint density at radius 3 is 2.20 bits per heavy atom. The summed E-state index contributed by atoms with van der Waals surface area (Å²) in [5.74, 6) is 1.68. The van der Waals surface area contributed by atoms with Crippen LogP contribution in [0, 0.1) is 11.8 Å². The summed E-state index contributed by atoms with van der Waals surface area (Å²) in [6.07, 6.45) is 6.56. The molecule has 25 heavy (non-hydrogen) atoms. The van der Waals surface area contributed by atoms with Crippen LogP contribution in [0.25, 0.3) is 0 Å². The first-order valence-electron chi connectivity index (χ1n) is 10.6. The Kier molecular flexibility index (Phi) is 7.81. The van der Waals surface area contributed by atoms with Gasteiger partial charge in [0.1, 0.15) is 0 Å². The molecule has 0 aliphatic carbocycles. The van der Waals surface area contributed by atoms with Crippen LogP contribution in [0.2, 0.25) is 0 Å². The zero-order chi connectivity index (χ0) is 18.3. The lowest BCUT2D eigenvalue weighted by Gasteiger charge is -2.44. The van der Waals surface area contributed by atoms with Crippen LogP contribution in [-0.2, 0) is 6.42 Å². The number of likely N-dealkylation sites (N-methyl/N-ethyl adjacent to an activating group) is 1. The Bertz CT molecular complexity index is 483. The van der Waals surface area contributed by atoms with Gasteiger partial charge in [-0.1, -0.05) is 52.7 Å². The number of benzene rings is 1. The number of rotatable bonds is 9. The maximum atomic E-state index is 2.59. The number of nitrogens with zero attached hydrogens (tertiary/aromatic N) is 2. The zero-order valence-electron chi connectivity index (χ0n) is 17.4. The van der Waals surface area contributed by atoms with Crippen LogP contribution < -0.4 is 4.90 Å². The first kappa shape index (κ1) is 20.3. The lowest BCUT2D eigenvalue weighted by atomic mass is 9.98. The summed E-state index contributed by atoms with van der Waals surface area (Å²) in [5.41, 5.74) is 2.90. The van der Waals surface area contributed by atoms with E-state index in [1.165, 1.54) is 80.6 Å². The minimum absolute atomic E-state index is 0.838. The van der Waals surface area contributed by atoms with Crippen molar-refractivity contribution in [2.75, 3.05) is 44.7 Å². The third-order valence-corrected chi connectivity index (χ3v) is 5.93. The van der Waals surface area contributed by atoms with E-state index in [0.29, 0.717) is 0 Å². The molecule has 1 aromatic rings. The van der Waals surface area contributed by atoms with Gasteiger partial charge in [-0.15, -0.1) is 0 Å². The monoisotopic (exact) mass is 345 g/mol. The van der Waals surface area contributed by atoms with E-state index < -0.39 is 0 Å². The molecule has 0 spiro atoms. The number of aryl methyl sites for hydroxylation is 1. The van der Waals surface area contributed by atoms with Gasteiger partial charge in [-0.25, -0.2) is 0 Å². The van der Waals surface area contributed by atoms with E-state index in [1.807, 2.05) is 0 Å². The largest absolute Gasteiger partial charge is 0.360 e. The molecule has 1 aromatic carbocycles. The van der Waals surface area contributed by atoms with Crippen molar-refractivity contribution in [1.29, 1.82) is 0 Å². The average molecular weight is 346 g/mol. The number of piperazine rings is 1. The highest BCUT2D eigenvalue weighted by Gasteiger charge is 2.30. The Morgan fingerprint density at radius 1 is 1.00 bits per heavy atom. The molecule has 2 heteroatoms. The second-order valence-electron chi connectivity index (χ2n) is 9.08. The molecule has 1 saturated heterocycles. The smallest absolute Gasteiger partial charge is 0.0963 e. The van der Waals surface area contributed by atoms with Crippen molar-refractivity contribution < 1.29 is 4.48 Å². The van der Waals surface area contributed by atoms with Gasteiger partial charge in [0.15, 0.2) is 0 Å². The lowest BCUT2D eigenvalue weighted by Crippen LogP contribution is -2.58. The first-order valence-corrected chi connectivity index (χ1v) is 10.6. The average Bonchev–Trinajstić information content (AvgIpc) is 2.59. The van der Waals surface area contributed by atoms with Crippen molar-refractivity contribution in [3.63, 3.8) is 0 Å². The minimum atomic E-state index is 0.838. The van der Waals surface area contributed by atoms with Gasteiger partial charge in [0.05, 0.1) is 39.8 Å². The fraction of sp³-hybridized carbons (Fsp3) is 0.739. The molecule has 0 bridgehead atoms. The number of quaternary nitrogens is 1. The van der Waals surface area contributed by atoms with Crippen molar-refractivity contribution >= 4 is 5.69 Å². The highest BCUT2D eigenvalue weighted by molar-refractivity contribution is 5.47. The molecule has 1 atom stereocenters. The van der Waals surface area contributed by atoms with Crippen LogP contribution in [0.15, 0.2) is 24.3 Å². The normalized spacial score (nSPS) is 18.6. The predicted octanol–water partition coefficient (Wildman–Crippen LogP) is 5.37. The van der Waals surface area contributed by atoms with E-state index in [0.717, 1.165) is 11.8 Å². The van der Waals surface area contributed by atoms with Gasteiger partial charge in [0.2, 0.25) is 0 Å². The van der Waals surface area contributed by atoms with Gasteiger partial charge < -0.3 is 9.38 Å². The molecule has 1 heterocycles. The molecule has 1 aliphatic heterocycles. The third-order valence-electron chi connectivity index (χ3n) is 5.93. The number of hydrogen-bond donors (Lipinski definition) is 0. The van der Waals surface area contributed by atoms with Gasteiger partial charge in [-0.2, -0.15) is 0 Å². The summed E-state index contributed by atoms with van der Waals surface area (Å²) in [5, 5.41) is 0. The highest BCUT2D eigenvalue weighted by Crippen LogP contribution is 2.23. The summed E-state index contributed by atoms with van der Waals surface area (Å²) in [6, 6.07) is 9.35. The Balaban J connectivity index is 1.81. The third kappa shape index (κ3) is 6.66. The van der Waals surface area contributed by atoms with Gasteiger partial charge in [0, 0.05) is 11.6 Å². The predicted molar refractivity (Wildman–Crippen MR) is 111 cm³/mol. The SMILES string of the molecule is CCCCc1ccc(N2CC[N+](C)(CC(C)CCC(C)C)CC2)cc1. The maximum Gasteiger partial charge on any atom is 0.0963 e. The molecule has 1 aliphatic rings. The Labute approximate surface area is 156 Å². The van der Waals surface area contributed by atoms with Crippen molar-refractivity contribution in [3.05, 3.63) is 29.8 Å². The van der Waals surface area contributed by atoms with Crippen LogP contribution in [0.3, 0.4) is 0 Å². The molecule has 0 radical (unpaired) electrons. The van der Waals surface area contributed by atoms with E-state index in [9.17, 15) is 0 Å². The van der Waals surface area contributed by atoms with E-state index in [1.54, 1.807) is 0 Å². The van der Waals surface area contributed by atoms with Crippen molar-refractivity contribution in [3.8, 4) is 0 Å². The van der Waals surface area contributed by atoms with Gasteiger partial charge in [0.25, 0.3) is 0 Å². The molecular formula is C23H41N2+. The van der Waals surface area contributed by atoms with E-state index in [2.05, 4.69) is 63.9 Å². The topological polar surface area (TPSA) is 3.24 Å². The molecule has 0 N–H and O–H groups in total. The first-order chi connectivity index (χ1) is 11.9. The van der Waals surface area contributed by atoms with Crippen LogP contribution in [0.1, 0.15) is 58.9 Å². The van der Waals surface area contributed by atoms with Crippen LogP contribution in [-0.4, -0.2) is 44.3 Å². The molecular weight excluding hydrogens is 304 g/mol. The summed E-state index contributed by atoms with van der Waals surface area (Å²) in [7, 11) is 2.47. The Hall–Kier alpha value is -1.02. The number of anilines is 1. The molecule has 2 rings (SSSR count). The molecule has 0 amide bonds. The Morgan fingerprint density at radius 2 is 1.64 bits per heavy atom. The minimum Gasteiger partial charge on any atom is -0.360 e. The zero-order valence-corrected chi connectivity index (χ0v) is 17.4. The van der Waals surface area contributed by atoms with E-state index >= 15 is 0 Å². The molecule has 1 unspecified atom stereocenters. The van der Waals surface area contributed by atoms with E-state index in [-0.39, 0.29) is 0 Å². The molecule has 2 nitrogen and oxygen atoms in total. The van der Waals surface area contributed by atoms with Crippen molar-refractivity contribution in [1.82, 2.24) is 0 Å². The van der Waals surface area contributed by atoms with E-state index in [4.69, 9.17) is 0 Å². The maximum absolute atomic E-state index is 2.59. The lowest BCUT2D eigenvalue weighted by molar-refractivity contribution is -0.913. The van der Waals surface area contributed by atoms with Gasteiger partial charge in [-0.3, -0.25) is 0 Å². The fourth-order valence-corrected chi connectivity index (χ4v) is 4.10. The van der Waals surface area contributed by atoms with Crippen molar-refractivity contribution in [2.45, 2.75) is 59.8 Å².